The number of aliphatic hydroxyl groups is 1. The van der Waals surface area contributed by atoms with E-state index in [4.69, 9.17) is 5.73 Å². The van der Waals surface area contributed by atoms with Gasteiger partial charge >= 0.3 is 0 Å². The van der Waals surface area contributed by atoms with E-state index < -0.39 is 6.10 Å². The molecule has 0 spiro atoms. The van der Waals surface area contributed by atoms with Crippen LogP contribution >= 0.6 is 0 Å². The van der Waals surface area contributed by atoms with Gasteiger partial charge in [0.05, 0.1) is 11.7 Å². The first-order valence-corrected chi connectivity index (χ1v) is 5.98. The first kappa shape index (κ1) is 14.3. The first-order chi connectivity index (χ1) is 8.45. The Balaban J connectivity index is 2.87. The maximum atomic E-state index is 12.0. The Labute approximate surface area is 108 Å². The van der Waals surface area contributed by atoms with E-state index in [-0.39, 0.29) is 12.5 Å². The zero-order valence-corrected chi connectivity index (χ0v) is 11.1. The Hall–Kier alpha value is -1.75. The molecule has 1 atom stereocenters. The van der Waals surface area contributed by atoms with Gasteiger partial charge in [-0.05, 0) is 24.6 Å². The number of benzene rings is 1. The van der Waals surface area contributed by atoms with E-state index in [9.17, 15) is 9.90 Å². The fraction of sp³-hybridized carbons (Fsp3) is 0.462. The third kappa shape index (κ3) is 3.63. The highest BCUT2D eigenvalue weighted by atomic mass is 16.3. The van der Waals surface area contributed by atoms with Crippen LogP contribution < -0.4 is 16.0 Å². The second-order valence-corrected chi connectivity index (χ2v) is 4.44. The summed E-state index contributed by atoms with van der Waals surface area (Å²) in [6.07, 6.45) is 0.0930. The predicted molar refractivity (Wildman–Crippen MR) is 73.8 cm³/mol. The number of amides is 1. The minimum atomic E-state index is -0.516. The highest BCUT2D eigenvalue weighted by Gasteiger charge is 2.14. The van der Waals surface area contributed by atoms with Gasteiger partial charge in [-0.2, -0.15) is 0 Å². The van der Waals surface area contributed by atoms with E-state index in [1.165, 1.54) is 0 Å². The Morgan fingerprint density at radius 1 is 1.50 bits per heavy atom. The van der Waals surface area contributed by atoms with E-state index >= 15 is 0 Å². The van der Waals surface area contributed by atoms with Gasteiger partial charge in [0.1, 0.15) is 0 Å². The lowest BCUT2D eigenvalue weighted by atomic mass is 10.1. The van der Waals surface area contributed by atoms with Crippen molar-refractivity contribution in [2.75, 3.05) is 31.3 Å². The van der Waals surface area contributed by atoms with Gasteiger partial charge in [0.15, 0.2) is 0 Å². The molecule has 0 aliphatic heterocycles. The molecule has 18 heavy (non-hydrogen) atoms. The maximum Gasteiger partial charge on any atom is 0.253 e. The number of nitrogens with zero attached hydrogens (tertiary/aromatic N) is 1. The lowest BCUT2D eigenvalue weighted by Gasteiger charge is -2.18. The molecular formula is C13H21N3O2. The second kappa shape index (κ2) is 6.26. The van der Waals surface area contributed by atoms with E-state index in [1.807, 2.05) is 25.9 Å². The van der Waals surface area contributed by atoms with Crippen molar-refractivity contribution < 1.29 is 9.90 Å². The molecule has 1 amide bonds. The van der Waals surface area contributed by atoms with Crippen LogP contribution in [-0.4, -0.2) is 37.8 Å². The zero-order chi connectivity index (χ0) is 13.7. The first-order valence-electron chi connectivity index (χ1n) is 5.98. The molecule has 0 fully saturated rings. The van der Waals surface area contributed by atoms with Gasteiger partial charge in [0.2, 0.25) is 0 Å². The number of anilines is 2. The maximum absolute atomic E-state index is 12.0. The van der Waals surface area contributed by atoms with E-state index in [0.717, 1.165) is 5.69 Å². The predicted octanol–water partition coefficient (Wildman–Crippen LogP) is 0.835. The van der Waals surface area contributed by atoms with Gasteiger partial charge in [0.25, 0.3) is 5.91 Å². The highest BCUT2D eigenvalue weighted by Crippen LogP contribution is 2.21. The lowest BCUT2D eigenvalue weighted by Crippen LogP contribution is -2.32. The van der Waals surface area contributed by atoms with Crippen molar-refractivity contribution in [3.05, 3.63) is 23.8 Å². The van der Waals surface area contributed by atoms with Crippen LogP contribution in [0.1, 0.15) is 23.7 Å². The molecule has 0 heterocycles. The summed E-state index contributed by atoms with van der Waals surface area (Å²) in [5.74, 6) is -0.224. The van der Waals surface area contributed by atoms with Crippen LogP contribution in [0.3, 0.4) is 0 Å². The minimum absolute atomic E-state index is 0.224. The van der Waals surface area contributed by atoms with E-state index in [0.29, 0.717) is 17.7 Å². The third-order valence-electron chi connectivity index (χ3n) is 2.72. The third-order valence-corrected chi connectivity index (χ3v) is 2.72. The molecule has 5 heteroatoms. The quantitative estimate of drug-likeness (QED) is 0.677. The molecule has 0 radical (unpaired) electrons. The summed E-state index contributed by atoms with van der Waals surface area (Å²) in [6, 6.07) is 5.20. The second-order valence-electron chi connectivity index (χ2n) is 4.44. The molecule has 1 rings (SSSR count). The number of nitrogens with one attached hydrogen (secondary N) is 1. The Morgan fingerprint density at radius 3 is 2.72 bits per heavy atom. The Morgan fingerprint density at radius 2 is 2.17 bits per heavy atom. The molecule has 0 saturated carbocycles. The average molecular weight is 251 g/mol. The highest BCUT2D eigenvalue weighted by molar-refractivity contribution is 6.00. The number of hydrogen-bond donors (Lipinski definition) is 3. The SMILES string of the molecule is CCC(O)CNC(=O)c1cc(N)ccc1N(C)C. The van der Waals surface area contributed by atoms with E-state index in [2.05, 4.69) is 5.32 Å². The molecule has 1 aromatic carbocycles. The van der Waals surface area contributed by atoms with Crippen molar-refractivity contribution in [3.63, 3.8) is 0 Å². The number of carbonyl (C=O) groups excluding carboxylic acids is 1. The summed E-state index contributed by atoms with van der Waals surface area (Å²) >= 11 is 0. The normalized spacial score (nSPS) is 12.0. The standard InChI is InChI=1S/C13H21N3O2/c1-4-10(17)8-15-13(18)11-7-9(14)5-6-12(11)16(2)3/h5-7,10,17H,4,8,14H2,1-3H3,(H,15,18). The number of aliphatic hydroxyl groups excluding tert-OH is 1. The van der Waals surface area contributed by atoms with Crippen molar-refractivity contribution in [2.45, 2.75) is 19.4 Å². The zero-order valence-electron chi connectivity index (χ0n) is 11.1. The molecular weight excluding hydrogens is 230 g/mol. The largest absolute Gasteiger partial charge is 0.399 e. The van der Waals surface area contributed by atoms with Crippen LogP contribution in [0.25, 0.3) is 0 Å². The molecule has 1 unspecified atom stereocenters. The molecule has 0 aliphatic rings. The Kier molecular flexibility index (Phi) is 4.97. The fourth-order valence-corrected chi connectivity index (χ4v) is 1.58. The van der Waals surface area contributed by atoms with Gasteiger partial charge in [-0.25, -0.2) is 0 Å². The molecule has 0 saturated heterocycles. The monoisotopic (exact) mass is 251 g/mol. The van der Waals surface area contributed by atoms with Crippen LogP contribution in [0.2, 0.25) is 0 Å². The van der Waals surface area contributed by atoms with Gasteiger partial charge in [0, 0.05) is 32.0 Å². The molecule has 0 aliphatic carbocycles. The van der Waals surface area contributed by atoms with Crippen molar-refractivity contribution >= 4 is 17.3 Å². The molecule has 5 nitrogen and oxygen atoms in total. The number of rotatable bonds is 5. The van der Waals surface area contributed by atoms with Crippen LogP contribution in [-0.2, 0) is 0 Å². The number of nitrogens with two attached hydrogens (primary N) is 1. The van der Waals surface area contributed by atoms with Crippen molar-refractivity contribution in [3.8, 4) is 0 Å². The molecule has 1 aromatic rings. The number of nitrogen functional groups attached to an aromatic ring is 1. The van der Waals surface area contributed by atoms with Crippen LogP contribution in [0.5, 0.6) is 0 Å². The summed E-state index contributed by atoms with van der Waals surface area (Å²) in [5.41, 5.74) is 7.56. The van der Waals surface area contributed by atoms with Crippen LogP contribution in [0.15, 0.2) is 18.2 Å². The van der Waals surface area contributed by atoms with Gasteiger partial charge in [-0.15, -0.1) is 0 Å². The summed E-state index contributed by atoms with van der Waals surface area (Å²) in [6.45, 7) is 2.11. The number of hydrogen-bond acceptors (Lipinski definition) is 4. The van der Waals surface area contributed by atoms with Crippen LogP contribution in [0.4, 0.5) is 11.4 Å². The minimum Gasteiger partial charge on any atom is -0.399 e. The summed E-state index contributed by atoms with van der Waals surface area (Å²) in [5, 5.41) is 12.1. The Bertz CT molecular complexity index is 419. The number of carbonyl (C=O) groups is 1. The summed E-state index contributed by atoms with van der Waals surface area (Å²) < 4.78 is 0. The van der Waals surface area contributed by atoms with Crippen molar-refractivity contribution in [1.82, 2.24) is 5.32 Å². The van der Waals surface area contributed by atoms with E-state index in [1.54, 1.807) is 18.2 Å². The van der Waals surface area contributed by atoms with Gasteiger partial charge in [-0.1, -0.05) is 6.92 Å². The fourth-order valence-electron chi connectivity index (χ4n) is 1.58. The summed E-state index contributed by atoms with van der Waals surface area (Å²) in [4.78, 5) is 13.9. The summed E-state index contributed by atoms with van der Waals surface area (Å²) in [7, 11) is 3.73. The average Bonchev–Trinajstić information content (AvgIpc) is 2.34. The van der Waals surface area contributed by atoms with Gasteiger partial charge < -0.3 is 21.1 Å². The van der Waals surface area contributed by atoms with Crippen molar-refractivity contribution in [2.24, 2.45) is 0 Å². The van der Waals surface area contributed by atoms with Gasteiger partial charge in [-0.3, -0.25) is 4.79 Å². The molecule has 0 bridgehead atoms. The van der Waals surface area contributed by atoms with Crippen molar-refractivity contribution in [1.29, 1.82) is 0 Å². The lowest BCUT2D eigenvalue weighted by molar-refractivity contribution is 0.0914. The topological polar surface area (TPSA) is 78.6 Å². The molecule has 0 aromatic heterocycles. The molecule has 100 valence electrons. The van der Waals surface area contributed by atoms with Crippen LogP contribution in [0, 0.1) is 0 Å². The smallest absolute Gasteiger partial charge is 0.253 e. The molecule has 4 N–H and O–H groups in total.